The number of thiophene rings is 1. The number of hydrogen-bond acceptors (Lipinski definition) is 3. The molecule has 0 unspecified atom stereocenters. The van der Waals surface area contributed by atoms with Gasteiger partial charge in [0, 0.05) is 10.9 Å². The van der Waals surface area contributed by atoms with Crippen LogP contribution in [0.3, 0.4) is 0 Å². The van der Waals surface area contributed by atoms with Crippen LogP contribution in [0.4, 0.5) is 0 Å². The summed E-state index contributed by atoms with van der Waals surface area (Å²) in [7, 11) is 0. The van der Waals surface area contributed by atoms with E-state index in [2.05, 4.69) is 16.8 Å². The van der Waals surface area contributed by atoms with E-state index >= 15 is 0 Å². The van der Waals surface area contributed by atoms with Crippen LogP contribution >= 0.6 is 11.3 Å². The molecule has 4 heteroatoms. The highest BCUT2D eigenvalue weighted by atomic mass is 32.1. The molecule has 0 bridgehead atoms. The first kappa shape index (κ1) is 9.02. The van der Waals surface area contributed by atoms with E-state index in [1.54, 1.807) is 23.6 Å². The van der Waals surface area contributed by atoms with Gasteiger partial charge >= 0.3 is 0 Å². The van der Waals surface area contributed by atoms with Crippen LogP contribution in [0.2, 0.25) is 0 Å². The van der Waals surface area contributed by atoms with Gasteiger partial charge < -0.3 is 4.74 Å². The van der Waals surface area contributed by atoms with Gasteiger partial charge in [0.25, 0.3) is 0 Å². The first-order valence-corrected chi connectivity index (χ1v) is 5.07. The average Bonchev–Trinajstić information content (AvgIpc) is 2.79. The second-order valence-corrected chi connectivity index (χ2v) is 3.87. The molecule has 72 valence electrons. The minimum atomic E-state index is 0.664. The SMILES string of the molecule is C=CCc1ccc(Oc2ccn[nH]2)s1. The third-order valence-corrected chi connectivity index (χ3v) is 2.65. The summed E-state index contributed by atoms with van der Waals surface area (Å²) in [6.07, 6.45) is 4.43. The molecule has 14 heavy (non-hydrogen) atoms. The molecule has 2 aromatic rings. The molecule has 0 saturated carbocycles. The fourth-order valence-corrected chi connectivity index (χ4v) is 1.94. The minimum absolute atomic E-state index is 0.664. The number of H-pyrrole nitrogens is 1. The normalized spacial score (nSPS) is 10.0. The maximum atomic E-state index is 5.51. The smallest absolute Gasteiger partial charge is 0.216 e. The van der Waals surface area contributed by atoms with E-state index in [9.17, 15) is 0 Å². The highest BCUT2D eigenvalue weighted by molar-refractivity contribution is 7.13. The van der Waals surface area contributed by atoms with Crippen molar-refractivity contribution in [2.45, 2.75) is 6.42 Å². The summed E-state index contributed by atoms with van der Waals surface area (Å²) in [5.74, 6) is 0.664. The van der Waals surface area contributed by atoms with Crippen LogP contribution in [0.15, 0.2) is 37.1 Å². The van der Waals surface area contributed by atoms with Gasteiger partial charge in [0.05, 0.1) is 6.20 Å². The molecule has 0 fully saturated rings. The monoisotopic (exact) mass is 206 g/mol. The Labute approximate surface area is 86.0 Å². The zero-order chi connectivity index (χ0) is 9.80. The molecule has 0 amide bonds. The molecule has 0 spiro atoms. The van der Waals surface area contributed by atoms with Crippen LogP contribution < -0.4 is 4.74 Å². The quantitative estimate of drug-likeness (QED) is 0.781. The second kappa shape index (κ2) is 4.11. The lowest BCUT2D eigenvalue weighted by Gasteiger charge is -1.96. The highest BCUT2D eigenvalue weighted by Gasteiger charge is 2.01. The summed E-state index contributed by atoms with van der Waals surface area (Å²) in [6, 6.07) is 5.77. The van der Waals surface area contributed by atoms with E-state index in [1.807, 2.05) is 18.2 Å². The van der Waals surface area contributed by atoms with E-state index in [-0.39, 0.29) is 0 Å². The first-order valence-electron chi connectivity index (χ1n) is 4.25. The molecule has 0 aliphatic carbocycles. The van der Waals surface area contributed by atoms with Gasteiger partial charge in [-0.3, -0.25) is 0 Å². The van der Waals surface area contributed by atoms with E-state index in [0.717, 1.165) is 11.5 Å². The molecular formula is C10H10N2OS. The maximum absolute atomic E-state index is 5.51. The largest absolute Gasteiger partial charge is 0.429 e. The number of ether oxygens (including phenoxy) is 1. The van der Waals surface area contributed by atoms with Crippen LogP contribution in [0.1, 0.15) is 4.88 Å². The van der Waals surface area contributed by atoms with Crippen LogP contribution in [-0.4, -0.2) is 10.2 Å². The van der Waals surface area contributed by atoms with Gasteiger partial charge in [0.15, 0.2) is 5.06 Å². The van der Waals surface area contributed by atoms with Gasteiger partial charge in [-0.05, 0) is 18.6 Å². The van der Waals surface area contributed by atoms with Gasteiger partial charge in [-0.25, -0.2) is 5.10 Å². The Morgan fingerprint density at radius 3 is 3.14 bits per heavy atom. The molecule has 2 heterocycles. The lowest BCUT2D eigenvalue weighted by Crippen LogP contribution is -1.79. The molecular weight excluding hydrogens is 196 g/mol. The molecule has 0 aromatic carbocycles. The molecule has 2 rings (SSSR count). The fourth-order valence-electron chi connectivity index (χ4n) is 1.07. The lowest BCUT2D eigenvalue weighted by molar-refractivity contribution is 0.474. The van der Waals surface area contributed by atoms with Crippen LogP contribution in [0.25, 0.3) is 0 Å². The number of hydrogen-bond donors (Lipinski definition) is 1. The van der Waals surface area contributed by atoms with Gasteiger partial charge in [-0.15, -0.1) is 17.9 Å². The Bertz CT molecular complexity index is 405. The van der Waals surface area contributed by atoms with Crippen molar-refractivity contribution in [1.29, 1.82) is 0 Å². The van der Waals surface area contributed by atoms with Crippen molar-refractivity contribution in [3.63, 3.8) is 0 Å². The van der Waals surface area contributed by atoms with Crippen LogP contribution in [0, 0.1) is 0 Å². The average molecular weight is 206 g/mol. The number of aromatic amines is 1. The van der Waals surface area contributed by atoms with Gasteiger partial charge in [-0.2, -0.15) is 5.10 Å². The summed E-state index contributed by atoms with van der Waals surface area (Å²) < 4.78 is 5.51. The standard InChI is InChI=1S/C10H10N2OS/c1-2-3-8-4-5-10(14-8)13-9-6-7-11-12-9/h2,4-7H,1,3H2,(H,11,12). The molecule has 0 atom stereocenters. The van der Waals surface area contributed by atoms with Crippen molar-refractivity contribution in [2.75, 3.05) is 0 Å². The van der Waals surface area contributed by atoms with Crippen molar-refractivity contribution in [3.8, 4) is 10.9 Å². The summed E-state index contributed by atoms with van der Waals surface area (Å²) >= 11 is 1.61. The van der Waals surface area contributed by atoms with Crippen LogP contribution in [-0.2, 0) is 6.42 Å². The third kappa shape index (κ3) is 2.03. The molecule has 0 aliphatic rings. The number of nitrogens with one attached hydrogen (secondary N) is 1. The van der Waals surface area contributed by atoms with Gasteiger partial charge in [0.2, 0.25) is 5.88 Å². The van der Waals surface area contributed by atoms with E-state index in [0.29, 0.717) is 5.88 Å². The Morgan fingerprint density at radius 2 is 2.43 bits per heavy atom. The Kier molecular flexibility index (Phi) is 2.65. The van der Waals surface area contributed by atoms with E-state index in [1.165, 1.54) is 4.88 Å². The second-order valence-electron chi connectivity index (χ2n) is 2.74. The Balaban J connectivity index is 2.06. The zero-order valence-corrected chi connectivity index (χ0v) is 8.38. The highest BCUT2D eigenvalue weighted by Crippen LogP contribution is 2.28. The van der Waals surface area contributed by atoms with E-state index in [4.69, 9.17) is 4.74 Å². The zero-order valence-electron chi connectivity index (χ0n) is 7.56. The number of aromatic nitrogens is 2. The van der Waals surface area contributed by atoms with Crippen LogP contribution in [0.5, 0.6) is 10.9 Å². The van der Waals surface area contributed by atoms with Crippen molar-refractivity contribution in [1.82, 2.24) is 10.2 Å². The Morgan fingerprint density at radius 1 is 1.50 bits per heavy atom. The van der Waals surface area contributed by atoms with Crippen molar-refractivity contribution >= 4 is 11.3 Å². The first-order chi connectivity index (χ1) is 6.88. The number of allylic oxidation sites excluding steroid dienone is 1. The molecule has 3 nitrogen and oxygen atoms in total. The summed E-state index contributed by atoms with van der Waals surface area (Å²) in [6.45, 7) is 3.69. The topological polar surface area (TPSA) is 37.9 Å². The number of nitrogens with zero attached hydrogens (tertiary/aromatic N) is 1. The van der Waals surface area contributed by atoms with Crippen molar-refractivity contribution < 1.29 is 4.74 Å². The maximum Gasteiger partial charge on any atom is 0.216 e. The predicted octanol–water partition coefficient (Wildman–Crippen LogP) is 2.99. The molecule has 0 aliphatic heterocycles. The fraction of sp³-hybridized carbons (Fsp3) is 0.100. The molecule has 2 aromatic heterocycles. The molecule has 0 saturated heterocycles. The predicted molar refractivity (Wildman–Crippen MR) is 56.9 cm³/mol. The van der Waals surface area contributed by atoms with E-state index < -0.39 is 0 Å². The van der Waals surface area contributed by atoms with Gasteiger partial charge in [0.1, 0.15) is 0 Å². The van der Waals surface area contributed by atoms with Crippen molar-refractivity contribution in [3.05, 3.63) is 41.9 Å². The number of rotatable bonds is 4. The third-order valence-electron chi connectivity index (χ3n) is 1.67. The summed E-state index contributed by atoms with van der Waals surface area (Å²) in [5.41, 5.74) is 0. The summed E-state index contributed by atoms with van der Waals surface area (Å²) in [4.78, 5) is 1.24. The minimum Gasteiger partial charge on any atom is -0.429 e. The summed E-state index contributed by atoms with van der Waals surface area (Å²) in [5, 5.41) is 7.41. The molecule has 0 radical (unpaired) electrons. The lowest BCUT2D eigenvalue weighted by atomic mass is 10.3. The van der Waals surface area contributed by atoms with Crippen molar-refractivity contribution in [2.24, 2.45) is 0 Å². The molecule has 1 N–H and O–H groups in total. The van der Waals surface area contributed by atoms with Gasteiger partial charge in [-0.1, -0.05) is 6.08 Å². The Hall–Kier alpha value is -1.55.